The zero-order valence-corrected chi connectivity index (χ0v) is 14.3. The van der Waals surface area contributed by atoms with E-state index in [9.17, 15) is 4.79 Å². The molecule has 1 aromatic carbocycles. The highest BCUT2D eigenvalue weighted by Gasteiger charge is 2.22. The minimum atomic E-state index is 0.0867. The standard InChI is InChI=1S/C15H16Br2N2O/c1-2-3-4-18-5-7-19(8-6-18)15(20)12-9-13(16)11-14(17)10-12/h1,9-11H,3-8H2. The summed E-state index contributed by atoms with van der Waals surface area (Å²) in [6.45, 7) is 4.22. The van der Waals surface area contributed by atoms with Crippen LogP contribution >= 0.6 is 31.9 Å². The number of hydrogen-bond donors (Lipinski definition) is 0. The minimum absolute atomic E-state index is 0.0867. The highest BCUT2D eigenvalue weighted by atomic mass is 79.9. The normalized spacial score (nSPS) is 15.9. The van der Waals surface area contributed by atoms with Crippen LogP contribution in [0, 0.1) is 12.3 Å². The molecule has 0 bridgehead atoms. The van der Waals surface area contributed by atoms with Crippen LogP contribution in [0.15, 0.2) is 27.1 Å². The lowest BCUT2D eigenvalue weighted by molar-refractivity contribution is 0.0640. The van der Waals surface area contributed by atoms with Crippen molar-refractivity contribution in [2.45, 2.75) is 6.42 Å². The Morgan fingerprint density at radius 3 is 2.30 bits per heavy atom. The average molecular weight is 400 g/mol. The number of benzene rings is 1. The Morgan fingerprint density at radius 1 is 1.15 bits per heavy atom. The maximum absolute atomic E-state index is 12.5. The molecule has 0 N–H and O–H groups in total. The minimum Gasteiger partial charge on any atom is -0.336 e. The molecule has 0 aromatic heterocycles. The molecule has 1 aromatic rings. The predicted octanol–water partition coefficient (Wildman–Crippen LogP) is 2.99. The Balaban J connectivity index is 1.96. The van der Waals surface area contributed by atoms with Crippen LogP contribution in [0.4, 0.5) is 0 Å². The number of carbonyl (C=O) groups is 1. The molecule has 2 rings (SSSR count). The molecular weight excluding hydrogens is 384 g/mol. The smallest absolute Gasteiger partial charge is 0.254 e. The van der Waals surface area contributed by atoms with Gasteiger partial charge in [-0.25, -0.2) is 0 Å². The first kappa shape index (κ1) is 15.6. The van der Waals surface area contributed by atoms with Crippen LogP contribution in [0.1, 0.15) is 16.8 Å². The number of piperazine rings is 1. The van der Waals surface area contributed by atoms with E-state index in [1.54, 1.807) is 0 Å². The van der Waals surface area contributed by atoms with E-state index in [1.807, 2.05) is 23.1 Å². The number of terminal acetylenes is 1. The zero-order chi connectivity index (χ0) is 14.5. The first-order valence-electron chi connectivity index (χ1n) is 6.51. The molecule has 0 aliphatic carbocycles. The maximum atomic E-state index is 12.5. The van der Waals surface area contributed by atoms with Gasteiger partial charge in [-0.1, -0.05) is 31.9 Å². The molecule has 0 atom stereocenters. The van der Waals surface area contributed by atoms with E-state index in [2.05, 4.69) is 42.7 Å². The fourth-order valence-electron chi connectivity index (χ4n) is 2.26. The lowest BCUT2D eigenvalue weighted by atomic mass is 10.2. The van der Waals surface area contributed by atoms with Gasteiger partial charge in [0.2, 0.25) is 0 Å². The van der Waals surface area contributed by atoms with E-state index in [0.717, 1.165) is 48.1 Å². The summed E-state index contributed by atoms with van der Waals surface area (Å²) in [5.74, 6) is 2.74. The summed E-state index contributed by atoms with van der Waals surface area (Å²) in [6.07, 6.45) is 6.05. The van der Waals surface area contributed by atoms with Crippen LogP contribution in [-0.2, 0) is 0 Å². The molecule has 1 amide bonds. The molecule has 20 heavy (non-hydrogen) atoms. The van der Waals surface area contributed by atoms with Gasteiger partial charge in [0.05, 0.1) is 0 Å². The fourth-order valence-corrected chi connectivity index (χ4v) is 3.55. The fraction of sp³-hybridized carbons (Fsp3) is 0.400. The van der Waals surface area contributed by atoms with E-state index in [0.29, 0.717) is 5.56 Å². The average Bonchev–Trinajstić information content (AvgIpc) is 2.44. The van der Waals surface area contributed by atoms with Crippen LogP contribution in [0.5, 0.6) is 0 Å². The van der Waals surface area contributed by atoms with Crippen molar-refractivity contribution >= 4 is 37.8 Å². The van der Waals surface area contributed by atoms with Crippen molar-refractivity contribution in [3.8, 4) is 12.3 Å². The predicted molar refractivity (Wildman–Crippen MR) is 87.6 cm³/mol. The second-order valence-corrected chi connectivity index (χ2v) is 6.58. The molecular formula is C15H16Br2N2O. The van der Waals surface area contributed by atoms with Crippen LogP contribution in [-0.4, -0.2) is 48.4 Å². The molecule has 1 aliphatic rings. The van der Waals surface area contributed by atoms with E-state index in [1.165, 1.54) is 0 Å². The van der Waals surface area contributed by atoms with Crippen molar-refractivity contribution in [1.29, 1.82) is 0 Å². The van der Waals surface area contributed by atoms with Gasteiger partial charge < -0.3 is 4.90 Å². The molecule has 5 heteroatoms. The Bertz CT molecular complexity index is 511. The second-order valence-electron chi connectivity index (χ2n) is 4.75. The van der Waals surface area contributed by atoms with Crippen LogP contribution < -0.4 is 0 Å². The quantitative estimate of drug-likeness (QED) is 0.729. The maximum Gasteiger partial charge on any atom is 0.254 e. The number of amides is 1. The monoisotopic (exact) mass is 398 g/mol. The van der Waals surface area contributed by atoms with Crippen molar-refractivity contribution in [2.75, 3.05) is 32.7 Å². The van der Waals surface area contributed by atoms with Gasteiger partial charge in [0, 0.05) is 53.7 Å². The number of hydrogen-bond acceptors (Lipinski definition) is 2. The first-order valence-corrected chi connectivity index (χ1v) is 8.10. The van der Waals surface area contributed by atoms with E-state index >= 15 is 0 Å². The van der Waals surface area contributed by atoms with Crippen molar-refractivity contribution in [1.82, 2.24) is 9.80 Å². The molecule has 0 radical (unpaired) electrons. The first-order chi connectivity index (χ1) is 9.60. The molecule has 1 fully saturated rings. The molecule has 0 saturated carbocycles. The third-order valence-electron chi connectivity index (χ3n) is 3.34. The summed E-state index contributed by atoms with van der Waals surface area (Å²) in [7, 11) is 0. The molecule has 0 unspecified atom stereocenters. The van der Waals surface area contributed by atoms with Gasteiger partial charge in [-0.3, -0.25) is 9.69 Å². The van der Waals surface area contributed by atoms with E-state index in [-0.39, 0.29) is 5.91 Å². The molecule has 0 spiro atoms. The van der Waals surface area contributed by atoms with Crippen molar-refractivity contribution in [3.63, 3.8) is 0 Å². The second kappa shape index (κ2) is 7.26. The van der Waals surface area contributed by atoms with Gasteiger partial charge in [0.25, 0.3) is 5.91 Å². The van der Waals surface area contributed by atoms with Gasteiger partial charge >= 0.3 is 0 Å². The van der Waals surface area contributed by atoms with Crippen molar-refractivity contribution in [2.24, 2.45) is 0 Å². The summed E-state index contributed by atoms with van der Waals surface area (Å²) in [4.78, 5) is 16.7. The molecule has 3 nitrogen and oxygen atoms in total. The summed E-state index contributed by atoms with van der Waals surface area (Å²) in [5, 5.41) is 0. The summed E-state index contributed by atoms with van der Waals surface area (Å²) in [5.41, 5.74) is 0.711. The molecule has 106 valence electrons. The summed E-state index contributed by atoms with van der Waals surface area (Å²) >= 11 is 6.83. The number of rotatable bonds is 3. The SMILES string of the molecule is C#CCCN1CCN(C(=O)c2cc(Br)cc(Br)c2)CC1. The highest BCUT2D eigenvalue weighted by molar-refractivity contribution is 9.11. The van der Waals surface area contributed by atoms with Crippen molar-refractivity contribution in [3.05, 3.63) is 32.7 Å². The summed E-state index contributed by atoms with van der Waals surface area (Å²) in [6, 6.07) is 5.64. The molecule has 1 aliphatic heterocycles. The topological polar surface area (TPSA) is 23.6 Å². The number of carbonyl (C=O) groups excluding carboxylic acids is 1. The Morgan fingerprint density at radius 2 is 1.75 bits per heavy atom. The van der Waals surface area contributed by atoms with Crippen LogP contribution in [0.25, 0.3) is 0 Å². The van der Waals surface area contributed by atoms with Gasteiger partial charge in [0.15, 0.2) is 0 Å². The lowest BCUT2D eigenvalue weighted by Crippen LogP contribution is -2.48. The Kier molecular flexibility index (Phi) is 5.64. The Hall–Kier alpha value is -0.830. The van der Waals surface area contributed by atoms with E-state index < -0.39 is 0 Å². The van der Waals surface area contributed by atoms with Gasteiger partial charge in [-0.05, 0) is 18.2 Å². The third kappa shape index (κ3) is 4.08. The third-order valence-corrected chi connectivity index (χ3v) is 4.26. The largest absolute Gasteiger partial charge is 0.336 e. The van der Waals surface area contributed by atoms with Crippen molar-refractivity contribution < 1.29 is 4.79 Å². The van der Waals surface area contributed by atoms with Gasteiger partial charge in [-0.15, -0.1) is 12.3 Å². The van der Waals surface area contributed by atoms with Gasteiger partial charge in [0.1, 0.15) is 0 Å². The van der Waals surface area contributed by atoms with Crippen LogP contribution in [0.3, 0.4) is 0 Å². The van der Waals surface area contributed by atoms with Gasteiger partial charge in [-0.2, -0.15) is 0 Å². The Labute approximate surface area is 136 Å². The molecule has 1 saturated heterocycles. The zero-order valence-electron chi connectivity index (χ0n) is 11.1. The number of nitrogens with zero attached hydrogens (tertiary/aromatic N) is 2. The lowest BCUT2D eigenvalue weighted by Gasteiger charge is -2.34. The van der Waals surface area contributed by atoms with E-state index in [4.69, 9.17) is 6.42 Å². The molecule has 1 heterocycles. The summed E-state index contributed by atoms with van der Waals surface area (Å²) < 4.78 is 1.81. The van der Waals surface area contributed by atoms with Crippen LogP contribution in [0.2, 0.25) is 0 Å². The number of halogens is 2. The highest BCUT2D eigenvalue weighted by Crippen LogP contribution is 2.21.